The summed E-state index contributed by atoms with van der Waals surface area (Å²) in [6.45, 7) is 12.1. The zero-order valence-electron chi connectivity index (χ0n) is 19.7. The van der Waals surface area contributed by atoms with Gasteiger partial charge in [0.15, 0.2) is 0 Å². The molecule has 0 unspecified atom stereocenters. The number of nitrogens with zero attached hydrogens (tertiary/aromatic N) is 3. The zero-order chi connectivity index (χ0) is 24.5. The Bertz CT molecular complexity index is 1380. The maximum absolute atomic E-state index is 13.1. The second-order valence-corrected chi connectivity index (χ2v) is 10.7. The second kappa shape index (κ2) is 9.79. The standard InChI is InChI=1S/C24H29BrN4O3S/c1-7-28(8-2)33(31,32)19-9-11-22(15(3)13-19)26-14-20-18(6)27-29(24(20)30)23-12-10-21(25)16(4)17(23)5/h9-14,27H,7-8H2,1-6H3. The summed E-state index contributed by atoms with van der Waals surface area (Å²) < 4.78 is 29.5. The largest absolute Gasteiger partial charge is 0.295 e. The molecule has 0 amide bonds. The van der Waals surface area contributed by atoms with E-state index in [2.05, 4.69) is 26.0 Å². The maximum atomic E-state index is 13.1. The Balaban J connectivity index is 1.97. The third kappa shape index (κ3) is 4.76. The number of aromatic nitrogens is 2. The maximum Gasteiger partial charge on any atom is 0.280 e. The molecule has 0 saturated carbocycles. The van der Waals surface area contributed by atoms with Crippen LogP contribution in [0.4, 0.5) is 5.69 Å². The van der Waals surface area contributed by atoms with E-state index in [1.165, 1.54) is 15.2 Å². The highest BCUT2D eigenvalue weighted by atomic mass is 79.9. The number of rotatable bonds is 7. The molecule has 33 heavy (non-hydrogen) atoms. The molecule has 1 N–H and O–H groups in total. The number of aromatic amines is 1. The Morgan fingerprint density at radius 1 is 1.06 bits per heavy atom. The highest BCUT2D eigenvalue weighted by Crippen LogP contribution is 2.26. The summed E-state index contributed by atoms with van der Waals surface area (Å²) in [5.41, 5.74) is 5.12. The van der Waals surface area contributed by atoms with Gasteiger partial charge in [-0.3, -0.25) is 14.9 Å². The van der Waals surface area contributed by atoms with Crippen LogP contribution in [0.15, 0.2) is 49.5 Å². The van der Waals surface area contributed by atoms with Gasteiger partial charge >= 0.3 is 0 Å². The van der Waals surface area contributed by atoms with Gasteiger partial charge in [-0.1, -0.05) is 29.8 Å². The van der Waals surface area contributed by atoms with Crippen LogP contribution in [0, 0.1) is 27.7 Å². The van der Waals surface area contributed by atoms with Gasteiger partial charge < -0.3 is 0 Å². The number of nitrogens with one attached hydrogen (secondary N) is 1. The SMILES string of the molecule is CCN(CC)S(=O)(=O)c1ccc(N=Cc2c(C)[nH]n(-c3ccc(Br)c(C)c3C)c2=O)c(C)c1. The molecular formula is C24H29BrN4O3S. The van der Waals surface area contributed by atoms with Gasteiger partial charge in [0.25, 0.3) is 5.56 Å². The fourth-order valence-corrected chi connectivity index (χ4v) is 5.65. The molecular weight excluding hydrogens is 504 g/mol. The molecule has 1 heterocycles. The van der Waals surface area contributed by atoms with Gasteiger partial charge in [-0.2, -0.15) is 4.31 Å². The van der Waals surface area contributed by atoms with Crippen LogP contribution in [-0.2, 0) is 10.0 Å². The molecule has 9 heteroatoms. The van der Waals surface area contributed by atoms with E-state index in [1.54, 1.807) is 18.2 Å². The Morgan fingerprint density at radius 3 is 2.33 bits per heavy atom. The van der Waals surface area contributed by atoms with Gasteiger partial charge in [0, 0.05) is 29.5 Å². The van der Waals surface area contributed by atoms with Crippen LogP contribution in [0.5, 0.6) is 0 Å². The third-order valence-corrected chi connectivity index (χ3v) is 8.80. The monoisotopic (exact) mass is 532 g/mol. The van der Waals surface area contributed by atoms with Crippen LogP contribution in [0.2, 0.25) is 0 Å². The number of halogens is 1. The van der Waals surface area contributed by atoms with E-state index in [4.69, 9.17) is 0 Å². The number of sulfonamides is 1. The molecule has 7 nitrogen and oxygen atoms in total. The number of aryl methyl sites for hydroxylation is 2. The van der Waals surface area contributed by atoms with Gasteiger partial charge in [0.1, 0.15) is 0 Å². The minimum absolute atomic E-state index is 0.195. The molecule has 1 aromatic heterocycles. The average molecular weight is 533 g/mol. The summed E-state index contributed by atoms with van der Waals surface area (Å²) in [6.07, 6.45) is 1.53. The lowest BCUT2D eigenvalue weighted by atomic mass is 10.1. The Kier molecular flexibility index (Phi) is 7.45. The molecule has 0 radical (unpaired) electrons. The summed E-state index contributed by atoms with van der Waals surface area (Å²) in [5, 5.41) is 3.13. The fraction of sp³-hybridized carbons (Fsp3) is 0.333. The molecule has 0 aliphatic rings. The van der Waals surface area contributed by atoms with Gasteiger partial charge in [-0.25, -0.2) is 13.1 Å². The van der Waals surface area contributed by atoms with E-state index >= 15 is 0 Å². The zero-order valence-corrected chi connectivity index (χ0v) is 22.1. The smallest absolute Gasteiger partial charge is 0.280 e. The predicted octanol–water partition coefficient (Wildman–Crippen LogP) is 4.94. The lowest BCUT2D eigenvalue weighted by Crippen LogP contribution is -2.30. The first kappa shape index (κ1) is 25.1. The minimum atomic E-state index is -3.54. The van der Waals surface area contributed by atoms with E-state index < -0.39 is 10.0 Å². The first-order chi connectivity index (χ1) is 15.5. The first-order valence-corrected chi connectivity index (χ1v) is 13.0. The first-order valence-electron chi connectivity index (χ1n) is 10.7. The molecule has 3 aromatic rings. The van der Waals surface area contributed by atoms with E-state index in [1.807, 2.05) is 53.7 Å². The van der Waals surface area contributed by atoms with E-state index in [0.29, 0.717) is 35.6 Å². The summed E-state index contributed by atoms with van der Waals surface area (Å²) in [6, 6.07) is 8.67. The number of aliphatic imine (C=N–C) groups is 1. The molecule has 0 atom stereocenters. The molecule has 0 saturated heterocycles. The fourth-order valence-electron chi connectivity index (χ4n) is 3.68. The molecule has 3 rings (SSSR count). The van der Waals surface area contributed by atoms with Crippen molar-refractivity contribution in [3.63, 3.8) is 0 Å². The normalized spacial score (nSPS) is 12.2. The lowest BCUT2D eigenvalue weighted by molar-refractivity contribution is 0.445. The highest BCUT2D eigenvalue weighted by Gasteiger charge is 2.22. The summed E-state index contributed by atoms with van der Waals surface area (Å²) >= 11 is 3.52. The van der Waals surface area contributed by atoms with Gasteiger partial charge in [-0.05, 0) is 74.7 Å². The molecule has 0 fully saturated rings. The summed E-state index contributed by atoms with van der Waals surface area (Å²) in [7, 11) is -3.54. The van der Waals surface area contributed by atoms with Crippen LogP contribution in [0.3, 0.4) is 0 Å². The van der Waals surface area contributed by atoms with Crippen molar-refractivity contribution in [2.24, 2.45) is 4.99 Å². The topological polar surface area (TPSA) is 87.5 Å². The van der Waals surface area contributed by atoms with Crippen LogP contribution in [0.25, 0.3) is 5.69 Å². The van der Waals surface area contributed by atoms with Crippen molar-refractivity contribution in [1.82, 2.24) is 14.1 Å². The van der Waals surface area contributed by atoms with Crippen molar-refractivity contribution >= 4 is 37.9 Å². The van der Waals surface area contributed by atoms with Crippen LogP contribution < -0.4 is 5.56 Å². The molecule has 0 aliphatic heterocycles. The van der Waals surface area contributed by atoms with E-state index in [-0.39, 0.29) is 10.5 Å². The van der Waals surface area contributed by atoms with Crippen molar-refractivity contribution in [3.05, 3.63) is 73.1 Å². The summed E-state index contributed by atoms with van der Waals surface area (Å²) in [4.78, 5) is 17.8. The van der Waals surface area contributed by atoms with Crippen molar-refractivity contribution in [2.75, 3.05) is 13.1 Å². The van der Waals surface area contributed by atoms with Crippen molar-refractivity contribution in [2.45, 2.75) is 46.4 Å². The second-order valence-electron chi connectivity index (χ2n) is 7.90. The number of hydrogen-bond donors (Lipinski definition) is 1. The number of hydrogen-bond acceptors (Lipinski definition) is 4. The van der Waals surface area contributed by atoms with Crippen molar-refractivity contribution in [1.29, 1.82) is 0 Å². The Morgan fingerprint density at radius 2 is 1.73 bits per heavy atom. The van der Waals surface area contributed by atoms with E-state index in [9.17, 15) is 13.2 Å². The van der Waals surface area contributed by atoms with Crippen LogP contribution >= 0.6 is 15.9 Å². The van der Waals surface area contributed by atoms with Gasteiger partial charge in [-0.15, -0.1) is 0 Å². The number of H-pyrrole nitrogens is 1. The Labute approximate surface area is 203 Å². The lowest BCUT2D eigenvalue weighted by Gasteiger charge is -2.18. The van der Waals surface area contributed by atoms with Gasteiger partial charge in [0.05, 0.1) is 21.8 Å². The highest BCUT2D eigenvalue weighted by molar-refractivity contribution is 9.10. The van der Waals surface area contributed by atoms with Crippen molar-refractivity contribution < 1.29 is 8.42 Å². The molecule has 0 aliphatic carbocycles. The molecule has 2 aromatic carbocycles. The van der Waals surface area contributed by atoms with Crippen molar-refractivity contribution in [3.8, 4) is 5.69 Å². The molecule has 0 bridgehead atoms. The van der Waals surface area contributed by atoms with Crippen LogP contribution in [-0.4, -0.2) is 41.8 Å². The Hall–Kier alpha value is -2.49. The summed E-state index contributed by atoms with van der Waals surface area (Å²) in [5.74, 6) is 0. The molecule has 0 spiro atoms. The van der Waals surface area contributed by atoms with Gasteiger partial charge in [0.2, 0.25) is 10.0 Å². The van der Waals surface area contributed by atoms with E-state index in [0.717, 1.165) is 21.3 Å². The number of benzene rings is 2. The quantitative estimate of drug-likeness (QED) is 0.437. The predicted molar refractivity (Wildman–Crippen MR) is 137 cm³/mol. The van der Waals surface area contributed by atoms with Crippen LogP contribution in [0.1, 0.15) is 41.8 Å². The average Bonchev–Trinajstić information content (AvgIpc) is 3.05. The minimum Gasteiger partial charge on any atom is -0.295 e. The molecule has 176 valence electrons. The third-order valence-electron chi connectivity index (χ3n) is 5.89.